The molecule has 1 heterocycles. The predicted molar refractivity (Wildman–Crippen MR) is 94.2 cm³/mol. The Morgan fingerprint density at radius 2 is 1.88 bits per heavy atom. The molecule has 0 saturated carbocycles. The van der Waals surface area contributed by atoms with Crippen molar-refractivity contribution in [2.75, 3.05) is 27.9 Å². The fourth-order valence-corrected chi connectivity index (χ4v) is 2.59. The largest absolute Gasteiger partial charge is 0.493 e. The molecule has 0 N–H and O–H groups in total. The maximum atomic E-state index is 12.8. The average molecular weight is 358 g/mol. The number of amides is 1. The molecule has 2 rings (SSSR count). The van der Waals surface area contributed by atoms with E-state index in [-0.39, 0.29) is 18.7 Å². The Bertz CT molecular complexity index is 740. The van der Waals surface area contributed by atoms with Gasteiger partial charge in [0.2, 0.25) is 11.7 Å². The first-order chi connectivity index (χ1) is 12.6. The molecule has 1 aromatic heterocycles. The van der Waals surface area contributed by atoms with Gasteiger partial charge in [0.15, 0.2) is 11.5 Å². The summed E-state index contributed by atoms with van der Waals surface area (Å²) in [4.78, 5) is 14.4. The predicted octanol–water partition coefficient (Wildman–Crippen LogP) is 2.79. The topological polar surface area (TPSA) is 84.9 Å². The van der Waals surface area contributed by atoms with Gasteiger partial charge in [0.05, 0.1) is 53.0 Å². The highest BCUT2D eigenvalue weighted by atomic mass is 16.5. The minimum absolute atomic E-state index is 0.120. The first kappa shape index (κ1) is 19.2. The number of nitriles is 1. The van der Waals surface area contributed by atoms with Crippen molar-refractivity contribution in [2.45, 2.75) is 19.4 Å². The Morgan fingerprint density at radius 1 is 1.19 bits per heavy atom. The summed E-state index contributed by atoms with van der Waals surface area (Å²) in [7, 11) is 4.58. The zero-order valence-corrected chi connectivity index (χ0v) is 15.2. The van der Waals surface area contributed by atoms with Crippen LogP contribution < -0.4 is 14.2 Å². The van der Waals surface area contributed by atoms with Crippen molar-refractivity contribution < 1.29 is 23.4 Å². The Balaban J connectivity index is 2.20. The van der Waals surface area contributed by atoms with Crippen LogP contribution in [-0.4, -0.2) is 38.7 Å². The molecule has 7 nitrogen and oxygen atoms in total. The van der Waals surface area contributed by atoms with E-state index in [1.807, 2.05) is 0 Å². The Hall–Kier alpha value is -3.14. The number of carbonyl (C=O) groups excluding carboxylic acids is 1. The molecule has 7 heteroatoms. The molecular formula is C19H22N2O5. The third kappa shape index (κ3) is 4.70. The Labute approximate surface area is 152 Å². The lowest BCUT2D eigenvalue weighted by Crippen LogP contribution is -2.32. The number of hydrogen-bond acceptors (Lipinski definition) is 6. The van der Waals surface area contributed by atoms with Gasteiger partial charge in [-0.3, -0.25) is 4.79 Å². The number of nitrogens with zero attached hydrogens (tertiary/aromatic N) is 2. The second-order valence-electron chi connectivity index (χ2n) is 5.51. The second-order valence-corrected chi connectivity index (χ2v) is 5.51. The molecule has 26 heavy (non-hydrogen) atoms. The van der Waals surface area contributed by atoms with Gasteiger partial charge in [0.1, 0.15) is 5.76 Å². The van der Waals surface area contributed by atoms with Gasteiger partial charge in [-0.2, -0.15) is 5.26 Å². The summed E-state index contributed by atoms with van der Waals surface area (Å²) in [5.74, 6) is 2.00. The Morgan fingerprint density at radius 3 is 2.38 bits per heavy atom. The van der Waals surface area contributed by atoms with Crippen LogP contribution in [0.4, 0.5) is 0 Å². The zero-order valence-electron chi connectivity index (χ0n) is 15.2. The first-order valence-corrected chi connectivity index (χ1v) is 8.08. The molecular weight excluding hydrogens is 336 g/mol. The molecule has 0 atom stereocenters. The van der Waals surface area contributed by atoms with Crippen LogP contribution in [0.5, 0.6) is 17.2 Å². The van der Waals surface area contributed by atoms with E-state index in [0.29, 0.717) is 36.1 Å². The standard InChI is InChI=1S/C19H22N2O5/c1-23-16-10-14(11-17(24-2)19(16)25-3)12-18(22)21(8-5-7-20)13-15-6-4-9-26-15/h4,6,9-11H,5,8,12-13H2,1-3H3. The van der Waals surface area contributed by atoms with Crippen molar-refractivity contribution in [2.24, 2.45) is 0 Å². The highest BCUT2D eigenvalue weighted by molar-refractivity contribution is 5.79. The summed E-state index contributed by atoms with van der Waals surface area (Å²) in [6, 6.07) is 9.12. The van der Waals surface area contributed by atoms with Gasteiger partial charge in [-0.15, -0.1) is 0 Å². The van der Waals surface area contributed by atoms with Crippen LogP contribution in [-0.2, 0) is 17.8 Å². The summed E-state index contributed by atoms with van der Waals surface area (Å²) in [5.41, 5.74) is 0.728. The van der Waals surface area contributed by atoms with E-state index in [4.69, 9.17) is 23.9 Å². The van der Waals surface area contributed by atoms with Gasteiger partial charge >= 0.3 is 0 Å². The van der Waals surface area contributed by atoms with Gasteiger partial charge in [0.25, 0.3) is 0 Å². The number of rotatable bonds is 9. The van der Waals surface area contributed by atoms with E-state index in [1.54, 1.807) is 35.4 Å². The van der Waals surface area contributed by atoms with E-state index in [0.717, 1.165) is 5.56 Å². The normalized spacial score (nSPS) is 10.1. The summed E-state index contributed by atoms with van der Waals surface area (Å²) in [6.45, 7) is 0.651. The van der Waals surface area contributed by atoms with Crippen LogP contribution in [0, 0.1) is 11.3 Å². The van der Waals surface area contributed by atoms with Crippen molar-refractivity contribution >= 4 is 5.91 Å². The van der Waals surface area contributed by atoms with Gasteiger partial charge in [-0.1, -0.05) is 0 Å². The summed E-state index contributed by atoms with van der Waals surface area (Å²) in [5, 5.41) is 8.85. The number of methoxy groups -OCH3 is 3. The zero-order chi connectivity index (χ0) is 18.9. The van der Waals surface area contributed by atoms with Crippen LogP contribution in [0.1, 0.15) is 17.7 Å². The summed E-state index contributed by atoms with van der Waals surface area (Å²) >= 11 is 0. The smallest absolute Gasteiger partial charge is 0.227 e. The molecule has 0 aliphatic carbocycles. The lowest BCUT2D eigenvalue weighted by Gasteiger charge is -2.21. The van der Waals surface area contributed by atoms with Crippen LogP contribution in [0.15, 0.2) is 34.9 Å². The van der Waals surface area contributed by atoms with Crippen molar-refractivity contribution in [3.8, 4) is 23.3 Å². The molecule has 0 aliphatic heterocycles. The molecule has 0 radical (unpaired) electrons. The molecule has 0 saturated heterocycles. The molecule has 0 aliphatic rings. The van der Waals surface area contributed by atoms with Crippen LogP contribution >= 0.6 is 0 Å². The molecule has 2 aromatic rings. The maximum Gasteiger partial charge on any atom is 0.227 e. The molecule has 0 fully saturated rings. The Kier molecular flexibility index (Phi) is 6.92. The van der Waals surface area contributed by atoms with E-state index < -0.39 is 0 Å². The van der Waals surface area contributed by atoms with Crippen molar-refractivity contribution in [1.29, 1.82) is 5.26 Å². The highest BCUT2D eigenvalue weighted by Crippen LogP contribution is 2.38. The quantitative estimate of drug-likeness (QED) is 0.685. The lowest BCUT2D eigenvalue weighted by atomic mass is 10.1. The van der Waals surface area contributed by atoms with Gasteiger partial charge < -0.3 is 23.5 Å². The van der Waals surface area contributed by atoms with Gasteiger partial charge in [-0.25, -0.2) is 0 Å². The number of hydrogen-bond donors (Lipinski definition) is 0. The second kappa shape index (κ2) is 9.37. The fraction of sp³-hybridized carbons (Fsp3) is 0.368. The molecule has 1 aromatic carbocycles. The van der Waals surface area contributed by atoms with E-state index in [2.05, 4.69) is 6.07 Å². The van der Waals surface area contributed by atoms with E-state index >= 15 is 0 Å². The third-order valence-electron chi connectivity index (χ3n) is 3.85. The van der Waals surface area contributed by atoms with Crippen molar-refractivity contribution in [1.82, 2.24) is 4.90 Å². The number of ether oxygens (including phenoxy) is 3. The summed E-state index contributed by atoms with van der Waals surface area (Å²) in [6.07, 6.45) is 1.95. The molecule has 1 amide bonds. The SMILES string of the molecule is COc1cc(CC(=O)N(CCC#N)Cc2ccco2)cc(OC)c1OC. The minimum atomic E-state index is -0.120. The van der Waals surface area contributed by atoms with Gasteiger partial charge in [0, 0.05) is 6.54 Å². The fourth-order valence-electron chi connectivity index (χ4n) is 2.59. The van der Waals surface area contributed by atoms with Crippen LogP contribution in [0.25, 0.3) is 0 Å². The number of carbonyl (C=O) groups is 1. The monoisotopic (exact) mass is 358 g/mol. The highest BCUT2D eigenvalue weighted by Gasteiger charge is 2.19. The van der Waals surface area contributed by atoms with Crippen molar-refractivity contribution in [3.63, 3.8) is 0 Å². The summed E-state index contributed by atoms with van der Waals surface area (Å²) < 4.78 is 21.3. The van der Waals surface area contributed by atoms with Gasteiger partial charge in [-0.05, 0) is 29.8 Å². The molecule has 0 bridgehead atoms. The maximum absolute atomic E-state index is 12.8. The van der Waals surface area contributed by atoms with E-state index in [9.17, 15) is 4.79 Å². The minimum Gasteiger partial charge on any atom is -0.493 e. The molecule has 0 unspecified atom stereocenters. The average Bonchev–Trinajstić information content (AvgIpc) is 3.17. The molecule has 0 spiro atoms. The van der Waals surface area contributed by atoms with E-state index in [1.165, 1.54) is 21.3 Å². The molecule has 138 valence electrons. The third-order valence-corrected chi connectivity index (χ3v) is 3.85. The van der Waals surface area contributed by atoms with Crippen molar-refractivity contribution in [3.05, 3.63) is 41.9 Å². The first-order valence-electron chi connectivity index (χ1n) is 8.08. The number of furan rings is 1. The lowest BCUT2D eigenvalue weighted by molar-refractivity contribution is -0.131. The van der Waals surface area contributed by atoms with Crippen LogP contribution in [0.3, 0.4) is 0 Å². The van der Waals surface area contributed by atoms with Crippen LogP contribution in [0.2, 0.25) is 0 Å². The number of benzene rings is 1.